The number of anilines is 1. The van der Waals surface area contributed by atoms with Crippen molar-refractivity contribution in [2.45, 2.75) is 11.8 Å². The number of carbonyl (C=O) groups excluding carboxylic acids is 1. The minimum atomic E-state index is -3.68. The summed E-state index contributed by atoms with van der Waals surface area (Å²) in [5.41, 5.74) is 0.436. The second-order valence-corrected chi connectivity index (χ2v) is 8.39. The van der Waals surface area contributed by atoms with Gasteiger partial charge in [-0.1, -0.05) is 30.3 Å². The molecular formula is C23H23NO6S. The molecule has 162 valence electrons. The van der Waals surface area contributed by atoms with Crippen molar-refractivity contribution < 1.29 is 27.4 Å². The van der Waals surface area contributed by atoms with Gasteiger partial charge < -0.3 is 14.2 Å². The predicted molar refractivity (Wildman–Crippen MR) is 117 cm³/mol. The number of sulfonamides is 1. The summed E-state index contributed by atoms with van der Waals surface area (Å²) in [5.74, 6) is 0.680. The lowest BCUT2D eigenvalue weighted by atomic mass is 10.3. The summed E-state index contributed by atoms with van der Waals surface area (Å²) >= 11 is 0. The van der Waals surface area contributed by atoms with Gasteiger partial charge in [-0.15, -0.1) is 0 Å². The highest BCUT2D eigenvalue weighted by atomic mass is 32.2. The van der Waals surface area contributed by atoms with Crippen molar-refractivity contribution in [3.8, 4) is 17.2 Å². The normalized spacial score (nSPS) is 10.9. The van der Waals surface area contributed by atoms with Crippen LogP contribution in [0.5, 0.6) is 17.2 Å². The first-order valence-corrected chi connectivity index (χ1v) is 11.0. The number of para-hydroxylation sites is 2. The number of carbonyl (C=O) groups is 1. The van der Waals surface area contributed by atoms with Gasteiger partial charge in [-0.05, 0) is 55.5 Å². The second-order valence-electron chi connectivity index (χ2n) is 6.42. The van der Waals surface area contributed by atoms with Crippen molar-refractivity contribution in [1.29, 1.82) is 0 Å². The largest absolute Gasteiger partial charge is 0.490 e. The Kier molecular flexibility index (Phi) is 7.15. The fraction of sp³-hybridized carbons (Fsp3) is 0.174. The molecule has 0 spiro atoms. The first kappa shape index (κ1) is 22.2. The molecule has 7 nitrogen and oxygen atoms in total. The molecule has 0 aliphatic carbocycles. The minimum absolute atomic E-state index is 0.192. The third-order valence-corrected chi connectivity index (χ3v) is 6.13. The Labute approximate surface area is 181 Å². The topological polar surface area (TPSA) is 82.1 Å². The first-order chi connectivity index (χ1) is 14.9. The van der Waals surface area contributed by atoms with Gasteiger partial charge in [0.1, 0.15) is 5.75 Å². The van der Waals surface area contributed by atoms with Crippen LogP contribution >= 0.6 is 0 Å². The highest BCUT2D eigenvalue weighted by Crippen LogP contribution is 2.27. The van der Waals surface area contributed by atoms with Crippen molar-refractivity contribution in [1.82, 2.24) is 0 Å². The second kappa shape index (κ2) is 9.99. The van der Waals surface area contributed by atoms with Gasteiger partial charge in [-0.2, -0.15) is 0 Å². The third kappa shape index (κ3) is 5.55. The van der Waals surface area contributed by atoms with Crippen LogP contribution in [-0.2, 0) is 14.8 Å². The summed E-state index contributed by atoms with van der Waals surface area (Å²) in [6.45, 7) is 2.04. The quantitative estimate of drug-likeness (QED) is 0.370. The van der Waals surface area contributed by atoms with E-state index in [4.69, 9.17) is 14.2 Å². The van der Waals surface area contributed by atoms with E-state index in [2.05, 4.69) is 0 Å². The molecule has 0 aromatic heterocycles. The van der Waals surface area contributed by atoms with Crippen molar-refractivity contribution in [2.24, 2.45) is 0 Å². The lowest BCUT2D eigenvalue weighted by Gasteiger charge is -2.19. The molecule has 0 amide bonds. The maximum absolute atomic E-state index is 12.7. The summed E-state index contributed by atoms with van der Waals surface area (Å²) in [6, 6.07) is 21.4. The molecule has 31 heavy (non-hydrogen) atoms. The van der Waals surface area contributed by atoms with E-state index in [0.29, 0.717) is 23.8 Å². The zero-order valence-corrected chi connectivity index (χ0v) is 18.0. The van der Waals surface area contributed by atoms with E-state index in [1.54, 1.807) is 48.5 Å². The van der Waals surface area contributed by atoms with Gasteiger partial charge >= 0.3 is 5.97 Å². The lowest BCUT2D eigenvalue weighted by molar-refractivity contribution is -0.136. The maximum Gasteiger partial charge on any atom is 0.349 e. The number of benzene rings is 3. The molecule has 0 atom stereocenters. The Morgan fingerprint density at radius 3 is 2.03 bits per heavy atom. The van der Waals surface area contributed by atoms with Gasteiger partial charge in [0, 0.05) is 7.05 Å². The summed E-state index contributed by atoms with van der Waals surface area (Å²) < 4.78 is 42.8. The van der Waals surface area contributed by atoms with E-state index in [-0.39, 0.29) is 17.3 Å². The van der Waals surface area contributed by atoms with Crippen LogP contribution in [-0.4, -0.2) is 34.6 Å². The number of nitrogens with zero attached hydrogens (tertiary/aromatic N) is 1. The van der Waals surface area contributed by atoms with Crippen LogP contribution in [0.15, 0.2) is 83.8 Å². The number of ether oxygens (including phenoxy) is 3. The van der Waals surface area contributed by atoms with Crippen LogP contribution in [0.3, 0.4) is 0 Å². The van der Waals surface area contributed by atoms with Crippen LogP contribution in [0.1, 0.15) is 6.92 Å². The predicted octanol–water partition coefficient (Wildman–Crippen LogP) is 3.89. The SMILES string of the molecule is CCOc1ccccc1OCC(=O)Oc1ccc(N(C)S(=O)(=O)c2ccccc2)cc1. The van der Waals surface area contributed by atoms with Gasteiger partial charge in [0.05, 0.1) is 17.2 Å². The highest BCUT2D eigenvalue weighted by Gasteiger charge is 2.21. The molecule has 0 fully saturated rings. The molecule has 0 saturated carbocycles. The molecule has 0 saturated heterocycles. The summed E-state index contributed by atoms with van der Waals surface area (Å²) in [6.07, 6.45) is 0. The molecular weight excluding hydrogens is 418 g/mol. The number of hydrogen-bond donors (Lipinski definition) is 0. The van der Waals surface area contributed by atoms with Crippen LogP contribution in [0.25, 0.3) is 0 Å². The number of esters is 1. The summed E-state index contributed by atoms with van der Waals surface area (Å²) in [7, 11) is -2.22. The average molecular weight is 442 g/mol. The number of hydrogen-bond acceptors (Lipinski definition) is 6. The van der Waals surface area contributed by atoms with E-state index in [9.17, 15) is 13.2 Å². The molecule has 8 heteroatoms. The Morgan fingerprint density at radius 1 is 0.839 bits per heavy atom. The molecule has 0 N–H and O–H groups in total. The molecule has 0 aliphatic rings. The van der Waals surface area contributed by atoms with Crippen molar-refractivity contribution in [2.75, 3.05) is 24.6 Å². The van der Waals surface area contributed by atoms with E-state index in [1.807, 2.05) is 13.0 Å². The van der Waals surface area contributed by atoms with Gasteiger partial charge in [0.15, 0.2) is 18.1 Å². The van der Waals surface area contributed by atoms with E-state index in [1.165, 1.54) is 35.6 Å². The molecule has 0 unspecified atom stereocenters. The average Bonchev–Trinajstić information content (AvgIpc) is 2.79. The van der Waals surface area contributed by atoms with Gasteiger partial charge in [-0.3, -0.25) is 4.31 Å². The minimum Gasteiger partial charge on any atom is -0.490 e. The molecule has 0 bridgehead atoms. The maximum atomic E-state index is 12.7. The molecule has 0 radical (unpaired) electrons. The van der Waals surface area contributed by atoms with Gasteiger partial charge in [0.25, 0.3) is 10.0 Å². The van der Waals surface area contributed by atoms with Crippen LogP contribution < -0.4 is 18.5 Å². The van der Waals surface area contributed by atoms with Crippen LogP contribution in [0.4, 0.5) is 5.69 Å². The molecule has 0 aliphatic heterocycles. The summed E-state index contributed by atoms with van der Waals surface area (Å²) in [5, 5.41) is 0. The molecule has 3 rings (SSSR count). The first-order valence-electron chi connectivity index (χ1n) is 9.61. The fourth-order valence-corrected chi connectivity index (χ4v) is 3.97. The Bertz CT molecular complexity index is 1110. The molecule has 3 aromatic rings. The highest BCUT2D eigenvalue weighted by molar-refractivity contribution is 7.92. The van der Waals surface area contributed by atoms with Crippen LogP contribution in [0, 0.1) is 0 Å². The zero-order chi connectivity index (χ0) is 22.3. The van der Waals surface area contributed by atoms with Crippen LogP contribution in [0.2, 0.25) is 0 Å². The van der Waals surface area contributed by atoms with Crippen molar-refractivity contribution in [3.63, 3.8) is 0 Å². The monoisotopic (exact) mass is 441 g/mol. The lowest BCUT2D eigenvalue weighted by Crippen LogP contribution is -2.26. The Hall–Kier alpha value is -3.52. The third-order valence-electron chi connectivity index (χ3n) is 4.33. The van der Waals surface area contributed by atoms with Crippen molar-refractivity contribution in [3.05, 3.63) is 78.9 Å². The molecule has 3 aromatic carbocycles. The van der Waals surface area contributed by atoms with Gasteiger partial charge in [-0.25, -0.2) is 13.2 Å². The standard InChI is InChI=1S/C23H23NO6S/c1-3-28-21-11-7-8-12-22(21)29-17-23(25)30-19-15-13-18(14-16-19)24(2)31(26,27)20-9-5-4-6-10-20/h4-16H,3,17H2,1-2H3. The Balaban J connectivity index is 1.61. The van der Waals surface area contributed by atoms with Gasteiger partial charge in [0.2, 0.25) is 0 Å². The van der Waals surface area contributed by atoms with Crippen molar-refractivity contribution >= 4 is 21.7 Å². The summed E-state index contributed by atoms with van der Waals surface area (Å²) in [4.78, 5) is 12.3. The fourth-order valence-electron chi connectivity index (χ4n) is 2.76. The van der Waals surface area contributed by atoms with E-state index >= 15 is 0 Å². The zero-order valence-electron chi connectivity index (χ0n) is 17.2. The number of rotatable bonds is 9. The molecule has 0 heterocycles. The Morgan fingerprint density at radius 2 is 1.42 bits per heavy atom. The smallest absolute Gasteiger partial charge is 0.349 e. The van der Waals surface area contributed by atoms with E-state index < -0.39 is 16.0 Å². The van der Waals surface area contributed by atoms with E-state index in [0.717, 1.165) is 0 Å².